The molecule has 0 saturated carbocycles. The van der Waals surface area contributed by atoms with E-state index >= 15 is 0 Å². The smallest absolute Gasteiger partial charge is 0.495 e. The Kier molecular flexibility index (Phi) is 3.34. The van der Waals surface area contributed by atoms with E-state index in [1.54, 1.807) is 27.7 Å². The van der Waals surface area contributed by atoms with Crippen LogP contribution in [0.4, 0.5) is 13.2 Å². The van der Waals surface area contributed by atoms with Crippen LogP contribution >= 0.6 is 0 Å². The first-order chi connectivity index (χ1) is 8.94. The molecule has 7 heteroatoms. The van der Waals surface area contributed by atoms with Crippen LogP contribution in [-0.4, -0.2) is 23.4 Å². The molecule has 20 heavy (non-hydrogen) atoms. The van der Waals surface area contributed by atoms with Crippen molar-refractivity contribution < 1.29 is 27.6 Å². The molecule has 1 heterocycles. The fraction of sp³-hybridized carbons (Fsp3) is 0.538. The van der Waals surface area contributed by atoms with Crippen LogP contribution < -0.4 is 5.46 Å². The molecule has 1 aliphatic heterocycles. The van der Waals surface area contributed by atoms with Crippen LogP contribution in [0.2, 0.25) is 0 Å². The molecule has 2 rings (SSSR count). The van der Waals surface area contributed by atoms with Crippen LogP contribution in [0.15, 0.2) is 18.2 Å². The van der Waals surface area contributed by atoms with E-state index in [9.17, 15) is 18.3 Å². The van der Waals surface area contributed by atoms with E-state index in [0.717, 1.165) is 0 Å². The normalized spacial score (nSPS) is 21.2. The summed E-state index contributed by atoms with van der Waals surface area (Å²) in [4.78, 5) is 0. The van der Waals surface area contributed by atoms with E-state index in [-0.39, 0.29) is 5.46 Å². The number of alkyl halides is 3. The zero-order valence-corrected chi connectivity index (χ0v) is 11.7. The van der Waals surface area contributed by atoms with Crippen LogP contribution in [0, 0.1) is 0 Å². The summed E-state index contributed by atoms with van der Waals surface area (Å²) >= 11 is 0. The Bertz CT molecular complexity index is 510. The predicted octanol–water partition coefficient (Wildman–Crippen LogP) is 2.71. The molecule has 0 spiro atoms. The van der Waals surface area contributed by atoms with Crippen molar-refractivity contribution in [3.63, 3.8) is 0 Å². The van der Waals surface area contributed by atoms with Crippen molar-refractivity contribution in [2.75, 3.05) is 0 Å². The summed E-state index contributed by atoms with van der Waals surface area (Å²) in [6.07, 6.45) is -4.59. The van der Waals surface area contributed by atoms with Crippen LogP contribution in [0.25, 0.3) is 0 Å². The molecule has 1 fully saturated rings. The lowest BCUT2D eigenvalue weighted by Gasteiger charge is -2.32. The van der Waals surface area contributed by atoms with Gasteiger partial charge in [-0.1, -0.05) is 6.07 Å². The molecule has 0 radical (unpaired) electrons. The van der Waals surface area contributed by atoms with Crippen LogP contribution in [0.1, 0.15) is 33.3 Å². The number of benzene rings is 1. The van der Waals surface area contributed by atoms with Gasteiger partial charge in [0.25, 0.3) is 0 Å². The molecule has 0 aliphatic carbocycles. The van der Waals surface area contributed by atoms with Gasteiger partial charge < -0.3 is 14.4 Å². The molecular weight excluding hydrogens is 272 g/mol. The van der Waals surface area contributed by atoms with E-state index in [1.807, 2.05) is 0 Å². The minimum atomic E-state index is -4.59. The van der Waals surface area contributed by atoms with Gasteiger partial charge in [0.1, 0.15) is 5.75 Å². The van der Waals surface area contributed by atoms with Crippen LogP contribution in [0.5, 0.6) is 5.75 Å². The lowest BCUT2D eigenvalue weighted by molar-refractivity contribution is -0.137. The standard InChI is InChI=1S/C13H16BF3O3/c1-11(2)12(3,4)20-14(19-11)10-6-5-8(18)7-9(10)13(15,16)17/h5-7,18H,1-4H3. The summed E-state index contributed by atoms with van der Waals surface area (Å²) in [5.74, 6) is -0.447. The van der Waals surface area contributed by atoms with Crippen LogP contribution in [-0.2, 0) is 15.5 Å². The second-order valence-corrected chi connectivity index (χ2v) is 5.86. The number of hydrogen-bond donors (Lipinski definition) is 1. The first-order valence-corrected chi connectivity index (χ1v) is 6.20. The second kappa shape index (κ2) is 4.39. The fourth-order valence-corrected chi connectivity index (χ4v) is 1.97. The average Bonchev–Trinajstić information content (AvgIpc) is 2.46. The number of phenols is 1. The quantitative estimate of drug-likeness (QED) is 0.807. The maximum absolute atomic E-state index is 13.0. The number of phenolic OH excluding ortho intramolecular Hbond substituents is 1. The largest absolute Gasteiger partial charge is 0.508 e. The molecule has 1 aromatic rings. The minimum Gasteiger partial charge on any atom is -0.508 e. The van der Waals surface area contributed by atoms with Crippen molar-refractivity contribution in [1.82, 2.24) is 0 Å². The number of hydrogen-bond acceptors (Lipinski definition) is 3. The van der Waals surface area contributed by atoms with E-state index in [0.29, 0.717) is 6.07 Å². The van der Waals surface area contributed by atoms with E-state index in [1.165, 1.54) is 12.1 Å². The van der Waals surface area contributed by atoms with Gasteiger partial charge in [-0.3, -0.25) is 0 Å². The Morgan fingerprint density at radius 1 is 1.05 bits per heavy atom. The van der Waals surface area contributed by atoms with E-state index < -0.39 is 35.8 Å². The first kappa shape index (κ1) is 15.2. The maximum Gasteiger partial charge on any atom is 0.495 e. The molecular formula is C13H16BF3O3. The predicted molar refractivity (Wildman–Crippen MR) is 68.8 cm³/mol. The van der Waals surface area contributed by atoms with Crippen molar-refractivity contribution in [1.29, 1.82) is 0 Å². The Labute approximate surface area is 115 Å². The summed E-state index contributed by atoms with van der Waals surface area (Å²) in [6, 6.07) is 3.05. The molecule has 110 valence electrons. The molecule has 1 aliphatic rings. The highest BCUT2D eigenvalue weighted by Crippen LogP contribution is 2.38. The number of halogens is 3. The van der Waals surface area contributed by atoms with Crippen molar-refractivity contribution in [2.24, 2.45) is 0 Å². The van der Waals surface area contributed by atoms with Crippen molar-refractivity contribution >= 4 is 12.6 Å². The molecule has 3 nitrogen and oxygen atoms in total. The highest BCUT2D eigenvalue weighted by Gasteiger charge is 2.53. The topological polar surface area (TPSA) is 38.7 Å². The van der Waals surface area contributed by atoms with Gasteiger partial charge in [-0.2, -0.15) is 13.2 Å². The number of aromatic hydroxyl groups is 1. The Morgan fingerprint density at radius 2 is 1.55 bits per heavy atom. The maximum atomic E-state index is 13.0. The lowest BCUT2D eigenvalue weighted by Crippen LogP contribution is -2.41. The van der Waals surface area contributed by atoms with E-state index in [2.05, 4.69) is 0 Å². The van der Waals surface area contributed by atoms with Gasteiger partial charge in [0.2, 0.25) is 0 Å². The van der Waals surface area contributed by atoms with Crippen molar-refractivity contribution in [3.05, 3.63) is 23.8 Å². The second-order valence-electron chi connectivity index (χ2n) is 5.86. The van der Waals surface area contributed by atoms with Crippen molar-refractivity contribution in [3.8, 4) is 5.75 Å². The number of rotatable bonds is 1. The third-order valence-corrected chi connectivity index (χ3v) is 3.85. The summed E-state index contributed by atoms with van der Waals surface area (Å²) in [5, 5.41) is 9.27. The lowest BCUT2D eigenvalue weighted by atomic mass is 9.75. The fourth-order valence-electron chi connectivity index (χ4n) is 1.97. The van der Waals surface area contributed by atoms with E-state index in [4.69, 9.17) is 9.31 Å². The molecule has 0 aromatic heterocycles. The highest BCUT2D eigenvalue weighted by atomic mass is 19.4. The average molecular weight is 288 g/mol. The van der Waals surface area contributed by atoms with Gasteiger partial charge in [0.15, 0.2) is 0 Å². The molecule has 0 atom stereocenters. The van der Waals surface area contributed by atoms with Gasteiger partial charge in [0.05, 0.1) is 16.8 Å². The zero-order valence-electron chi connectivity index (χ0n) is 11.7. The summed E-state index contributed by atoms with van der Waals surface area (Å²) in [6.45, 7) is 7.06. The summed E-state index contributed by atoms with van der Waals surface area (Å²) in [7, 11) is -1.11. The first-order valence-electron chi connectivity index (χ1n) is 6.20. The zero-order chi connectivity index (χ0) is 15.3. The van der Waals surface area contributed by atoms with Gasteiger partial charge >= 0.3 is 13.3 Å². The Morgan fingerprint density at radius 3 is 2.00 bits per heavy atom. The van der Waals surface area contributed by atoms with Gasteiger partial charge in [-0.15, -0.1) is 0 Å². The SMILES string of the molecule is CC1(C)OB(c2ccc(O)cc2C(F)(F)F)OC1(C)C. The highest BCUT2D eigenvalue weighted by molar-refractivity contribution is 6.62. The van der Waals surface area contributed by atoms with Crippen LogP contribution in [0.3, 0.4) is 0 Å². The molecule has 1 N–H and O–H groups in total. The van der Waals surface area contributed by atoms with Crippen molar-refractivity contribution in [2.45, 2.75) is 45.1 Å². The van der Waals surface area contributed by atoms with Gasteiger partial charge in [-0.25, -0.2) is 0 Å². The Hall–Kier alpha value is -1.21. The third-order valence-electron chi connectivity index (χ3n) is 3.85. The summed E-state index contributed by atoms with van der Waals surface area (Å²) in [5.41, 5.74) is -2.53. The molecule has 1 aromatic carbocycles. The molecule has 0 bridgehead atoms. The minimum absolute atomic E-state index is 0.131. The van der Waals surface area contributed by atoms with Gasteiger partial charge in [-0.05, 0) is 45.3 Å². The molecule has 0 amide bonds. The molecule has 1 saturated heterocycles. The monoisotopic (exact) mass is 288 g/mol. The molecule has 0 unspecified atom stereocenters. The third kappa shape index (κ3) is 2.52. The Balaban J connectivity index is 2.46. The van der Waals surface area contributed by atoms with Gasteiger partial charge in [0, 0.05) is 0 Å². The summed E-state index contributed by atoms with van der Waals surface area (Å²) < 4.78 is 50.4.